The second-order valence-corrected chi connectivity index (χ2v) is 6.20. The highest BCUT2D eigenvalue weighted by Gasteiger charge is 2.11. The van der Waals surface area contributed by atoms with E-state index in [4.69, 9.17) is 5.73 Å². The van der Waals surface area contributed by atoms with Gasteiger partial charge in [0.25, 0.3) is 0 Å². The first-order chi connectivity index (χ1) is 7.96. The van der Waals surface area contributed by atoms with Crippen molar-refractivity contribution >= 4 is 33.3 Å². The summed E-state index contributed by atoms with van der Waals surface area (Å²) in [4.78, 5) is 9.39. The Morgan fingerprint density at radius 1 is 1.35 bits per heavy atom. The highest BCUT2D eigenvalue weighted by Crippen LogP contribution is 2.26. The average molecular weight is 250 g/mol. The number of fused-ring (bicyclic) bond motifs is 1. The Kier molecular flexibility index (Phi) is 3.19. The SMILES string of the molecule is CC(C)(C)CCNc1nc(N)nc2sccc12. The molecule has 2 heterocycles. The van der Waals surface area contributed by atoms with Gasteiger partial charge in [0, 0.05) is 6.54 Å². The molecule has 0 atom stereocenters. The van der Waals surface area contributed by atoms with Crippen LogP contribution in [0.3, 0.4) is 0 Å². The van der Waals surface area contributed by atoms with Crippen LogP contribution in [0.25, 0.3) is 10.2 Å². The summed E-state index contributed by atoms with van der Waals surface area (Å²) in [6.07, 6.45) is 1.09. The van der Waals surface area contributed by atoms with E-state index < -0.39 is 0 Å². The van der Waals surface area contributed by atoms with Crippen LogP contribution in [0.5, 0.6) is 0 Å². The Balaban J connectivity index is 2.15. The Bertz CT molecular complexity index is 513. The van der Waals surface area contributed by atoms with Crippen molar-refractivity contribution in [1.82, 2.24) is 9.97 Å². The van der Waals surface area contributed by atoms with Crippen LogP contribution in [-0.2, 0) is 0 Å². The smallest absolute Gasteiger partial charge is 0.223 e. The van der Waals surface area contributed by atoms with Crippen molar-refractivity contribution in [3.63, 3.8) is 0 Å². The summed E-state index contributed by atoms with van der Waals surface area (Å²) in [5.41, 5.74) is 6.00. The van der Waals surface area contributed by atoms with Crippen LogP contribution >= 0.6 is 11.3 Å². The molecule has 0 unspecified atom stereocenters. The number of anilines is 2. The molecule has 0 fully saturated rings. The molecule has 0 aliphatic heterocycles. The molecule has 0 amide bonds. The molecule has 92 valence electrons. The molecule has 0 radical (unpaired) electrons. The van der Waals surface area contributed by atoms with Crippen LogP contribution in [0.2, 0.25) is 0 Å². The van der Waals surface area contributed by atoms with E-state index in [2.05, 4.69) is 36.1 Å². The minimum atomic E-state index is 0.319. The van der Waals surface area contributed by atoms with Gasteiger partial charge < -0.3 is 11.1 Å². The van der Waals surface area contributed by atoms with Crippen LogP contribution < -0.4 is 11.1 Å². The molecule has 0 saturated carbocycles. The summed E-state index contributed by atoms with van der Waals surface area (Å²) >= 11 is 1.58. The van der Waals surface area contributed by atoms with E-state index in [0.717, 1.165) is 29.0 Å². The van der Waals surface area contributed by atoms with E-state index in [0.29, 0.717) is 11.4 Å². The fraction of sp³-hybridized carbons (Fsp3) is 0.500. The molecule has 0 aromatic carbocycles. The van der Waals surface area contributed by atoms with E-state index in [1.807, 2.05) is 11.4 Å². The number of nitrogens with one attached hydrogen (secondary N) is 1. The third-order valence-electron chi connectivity index (χ3n) is 2.51. The van der Waals surface area contributed by atoms with Gasteiger partial charge in [0.2, 0.25) is 5.95 Å². The lowest BCUT2D eigenvalue weighted by molar-refractivity contribution is 0.389. The lowest BCUT2D eigenvalue weighted by atomic mass is 9.92. The Morgan fingerprint density at radius 2 is 2.12 bits per heavy atom. The molecule has 2 aromatic rings. The molecule has 2 rings (SSSR count). The van der Waals surface area contributed by atoms with Gasteiger partial charge >= 0.3 is 0 Å². The van der Waals surface area contributed by atoms with Crippen LogP contribution in [-0.4, -0.2) is 16.5 Å². The molecule has 5 heteroatoms. The number of hydrogen-bond acceptors (Lipinski definition) is 5. The summed E-state index contributed by atoms with van der Waals surface area (Å²) in [5, 5.41) is 6.41. The molecule has 0 bridgehead atoms. The van der Waals surface area contributed by atoms with Crippen LogP contribution in [0.4, 0.5) is 11.8 Å². The number of nitrogen functional groups attached to an aromatic ring is 1. The standard InChI is InChI=1S/C12H18N4S/c1-12(2,3)5-6-14-9-8-4-7-17-10(8)16-11(13)15-9/h4,7H,5-6H2,1-3H3,(H3,13,14,15,16). The van der Waals surface area contributed by atoms with Crippen molar-refractivity contribution < 1.29 is 0 Å². The first-order valence-corrected chi connectivity index (χ1v) is 6.58. The zero-order chi connectivity index (χ0) is 12.5. The maximum Gasteiger partial charge on any atom is 0.223 e. The highest BCUT2D eigenvalue weighted by atomic mass is 32.1. The number of nitrogens with two attached hydrogens (primary N) is 1. The summed E-state index contributed by atoms with van der Waals surface area (Å²) < 4.78 is 0. The summed E-state index contributed by atoms with van der Waals surface area (Å²) in [6.45, 7) is 7.57. The van der Waals surface area contributed by atoms with Crippen LogP contribution in [0, 0.1) is 5.41 Å². The van der Waals surface area contributed by atoms with Gasteiger partial charge in [-0.2, -0.15) is 4.98 Å². The normalized spacial score (nSPS) is 11.9. The minimum Gasteiger partial charge on any atom is -0.369 e. The average Bonchev–Trinajstić information content (AvgIpc) is 2.63. The molecule has 0 aliphatic rings. The molecule has 0 saturated heterocycles. The van der Waals surface area contributed by atoms with Crippen molar-refractivity contribution in [2.75, 3.05) is 17.6 Å². The van der Waals surface area contributed by atoms with Crippen molar-refractivity contribution in [3.8, 4) is 0 Å². The predicted octanol–water partition coefficient (Wildman–Crippen LogP) is 3.12. The fourth-order valence-corrected chi connectivity index (χ4v) is 2.33. The molecule has 2 aromatic heterocycles. The predicted molar refractivity (Wildman–Crippen MR) is 74.4 cm³/mol. The van der Waals surface area contributed by atoms with E-state index in [1.54, 1.807) is 11.3 Å². The van der Waals surface area contributed by atoms with Crippen LogP contribution in [0.1, 0.15) is 27.2 Å². The largest absolute Gasteiger partial charge is 0.369 e. The molecule has 0 spiro atoms. The monoisotopic (exact) mass is 250 g/mol. The van der Waals surface area contributed by atoms with Gasteiger partial charge in [0.15, 0.2) is 0 Å². The summed E-state index contributed by atoms with van der Waals surface area (Å²) in [7, 11) is 0. The first kappa shape index (κ1) is 12.1. The van der Waals surface area contributed by atoms with Gasteiger partial charge in [-0.05, 0) is 23.3 Å². The lowest BCUT2D eigenvalue weighted by Crippen LogP contribution is -2.14. The number of aromatic nitrogens is 2. The Morgan fingerprint density at radius 3 is 2.82 bits per heavy atom. The highest BCUT2D eigenvalue weighted by molar-refractivity contribution is 7.16. The maximum absolute atomic E-state index is 5.69. The van der Waals surface area contributed by atoms with Gasteiger partial charge in [-0.3, -0.25) is 0 Å². The number of nitrogens with zero attached hydrogens (tertiary/aromatic N) is 2. The first-order valence-electron chi connectivity index (χ1n) is 5.70. The number of hydrogen-bond donors (Lipinski definition) is 2. The molecule has 3 N–H and O–H groups in total. The van der Waals surface area contributed by atoms with Crippen LogP contribution in [0.15, 0.2) is 11.4 Å². The summed E-state index contributed by atoms with van der Waals surface area (Å²) in [6, 6.07) is 2.03. The third-order valence-corrected chi connectivity index (χ3v) is 3.32. The lowest BCUT2D eigenvalue weighted by Gasteiger charge is -2.18. The Hall–Kier alpha value is -1.36. The molecule has 0 aliphatic carbocycles. The van der Waals surface area contributed by atoms with Gasteiger partial charge in [-0.1, -0.05) is 20.8 Å². The van der Waals surface area contributed by atoms with Gasteiger partial charge in [-0.25, -0.2) is 4.98 Å². The molecular weight excluding hydrogens is 232 g/mol. The van der Waals surface area contributed by atoms with E-state index >= 15 is 0 Å². The topological polar surface area (TPSA) is 63.8 Å². The van der Waals surface area contributed by atoms with Crippen molar-refractivity contribution in [3.05, 3.63) is 11.4 Å². The minimum absolute atomic E-state index is 0.319. The van der Waals surface area contributed by atoms with E-state index in [1.165, 1.54) is 0 Å². The van der Waals surface area contributed by atoms with E-state index in [-0.39, 0.29) is 0 Å². The van der Waals surface area contributed by atoms with Crippen molar-refractivity contribution in [2.45, 2.75) is 27.2 Å². The quantitative estimate of drug-likeness (QED) is 0.878. The number of thiophene rings is 1. The maximum atomic E-state index is 5.69. The molecular formula is C12H18N4S. The second kappa shape index (κ2) is 4.49. The van der Waals surface area contributed by atoms with E-state index in [9.17, 15) is 0 Å². The zero-order valence-electron chi connectivity index (χ0n) is 10.4. The zero-order valence-corrected chi connectivity index (χ0v) is 11.3. The third kappa shape index (κ3) is 3.06. The van der Waals surface area contributed by atoms with Crippen molar-refractivity contribution in [1.29, 1.82) is 0 Å². The second-order valence-electron chi connectivity index (χ2n) is 5.31. The van der Waals surface area contributed by atoms with Gasteiger partial charge in [0.05, 0.1) is 5.39 Å². The van der Waals surface area contributed by atoms with Crippen molar-refractivity contribution in [2.24, 2.45) is 5.41 Å². The summed E-state index contributed by atoms with van der Waals surface area (Å²) in [5.74, 6) is 1.18. The Labute approximate surface area is 105 Å². The molecule has 4 nitrogen and oxygen atoms in total. The fourth-order valence-electron chi connectivity index (χ4n) is 1.56. The number of rotatable bonds is 3. The van der Waals surface area contributed by atoms with Gasteiger partial charge in [0.1, 0.15) is 10.6 Å². The molecule has 17 heavy (non-hydrogen) atoms. The van der Waals surface area contributed by atoms with Gasteiger partial charge in [-0.15, -0.1) is 11.3 Å².